The maximum absolute atomic E-state index is 12.4. The van der Waals surface area contributed by atoms with Crippen molar-refractivity contribution in [1.29, 1.82) is 0 Å². The van der Waals surface area contributed by atoms with Crippen LogP contribution in [0.1, 0.15) is 41.3 Å². The summed E-state index contributed by atoms with van der Waals surface area (Å²) in [6, 6.07) is 14.9. The lowest BCUT2D eigenvalue weighted by Gasteiger charge is -2.15. The number of carbonyl (C=O) groups excluding carboxylic acids is 2. The molecule has 136 valence electrons. The number of unbranched alkanes of at least 4 members (excludes halogenated alkanes) is 1. The zero-order chi connectivity index (χ0) is 18.4. The molecule has 2 aromatic carbocycles. The average Bonchev–Trinajstić information content (AvgIpc) is 3.04. The highest BCUT2D eigenvalue weighted by Gasteiger charge is 2.23. The zero-order valence-corrected chi connectivity index (χ0v) is 15.0. The van der Waals surface area contributed by atoms with Crippen LogP contribution < -0.4 is 10.6 Å². The summed E-state index contributed by atoms with van der Waals surface area (Å²) >= 11 is 0. The summed E-state index contributed by atoms with van der Waals surface area (Å²) in [4.78, 5) is 24.6. The van der Waals surface area contributed by atoms with Crippen molar-refractivity contribution >= 4 is 17.7 Å². The fourth-order valence-electron chi connectivity index (χ4n) is 3.16. The van der Waals surface area contributed by atoms with Gasteiger partial charge in [-0.2, -0.15) is 0 Å². The molecule has 3 rings (SSSR count). The first kappa shape index (κ1) is 18.0. The molecule has 2 aromatic rings. The van der Waals surface area contributed by atoms with Gasteiger partial charge in [0.05, 0.1) is 17.9 Å². The molecule has 0 radical (unpaired) electrons. The van der Waals surface area contributed by atoms with E-state index in [2.05, 4.69) is 22.8 Å². The van der Waals surface area contributed by atoms with Crippen LogP contribution in [0.5, 0.6) is 0 Å². The van der Waals surface area contributed by atoms with Gasteiger partial charge in [-0.25, -0.2) is 9.59 Å². The quantitative estimate of drug-likeness (QED) is 0.611. The molecule has 1 aliphatic rings. The molecule has 0 unspecified atom stereocenters. The van der Waals surface area contributed by atoms with E-state index in [1.165, 1.54) is 11.1 Å². The maximum Gasteiger partial charge on any atom is 0.340 e. The fraction of sp³-hybridized carbons (Fsp3) is 0.333. The number of benzene rings is 2. The molecule has 0 saturated heterocycles. The molecule has 0 atom stereocenters. The van der Waals surface area contributed by atoms with Crippen molar-refractivity contribution in [2.24, 2.45) is 0 Å². The van der Waals surface area contributed by atoms with E-state index in [9.17, 15) is 9.59 Å². The van der Waals surface area contributed by atoms with Gasteiger partial charge in [-0.15, -0.1) is 0 Å². The molecule has 1 aliphatic carbocycles. The number of esters is 1. The van der Waals surface area contributed by atoms with E-state index in [-0.39, 0.29) is 12.1 Å². The molecule has 0 aromatic heterocycles. The summed E-state index contributed by atoms with van der Waals surface area (Å²) < 4.78 is 5.26. The Morgan fingerprint density at radius 2 is 1.69 bits per heavy atom. The van der Waals surface area contributed by atoms with Crippen molar-refractivity contribution in [3.05, 3.63) is 65.2 Å². The number of amides is 2. The number of fused-ring (bicyclic) bond motifs is 1. The molecule has 26 heavy (non-hydrogen) atoms. The topological polar surface area (TPSA) is 67.4 Å². The smallest absolute Gasteiger partial charge is 0.340 e. The number of para-hydroxylation sites is 1. The van der Waals surface area contributed by atoms with Crippen LogP contribution in [0, 0.1) is 0 Å². The molecule has 2 amide bonds. The molecular formula is C21H24N2O3. The molecule has 5 heteroatoms. The van der Waals surface area contributed by atoms with Gasteiger partial charge in [0.2, 0.25) is 0 Å². The molecule has 0 heterocycles. The second-order valence-electron chi connectivity index (χ2n) is 6.51. The number of urea groups is 1. The van der Waals surface area contributed by atoms with Gasteiger partial charge >= 0.3 is 12.0 Å². The standard InChI is InChI=1S/C21H24N2O3/c1-2-3-12-26-20(24)18-10-6-7-11-19(18)23-21(25)22-17-13-15-8-4-5-9-16(15)14-17/h4-11,17H,2-3,12-14H2,1H3,(H2,22,23,25). The third kappa shape index (κ3) is 4.42. The van der Waals surface area contributed by atoms with Gasteiger partial charge in [0.15, 0.2) is 0 Å². The van der Waals surface area contributed by atoms with Crippen LogP contribution in [-0.4, -0.2) is 24.6 Å². The Bertz CT molecular complexity index is 763. The van der Waals surface area contributed by atoms with E-state index in [1.54, 1.807) is 24.3 Å². The molecule has 0 fully saturated rings. The van der Waals surface area contributed by atoms with Crippen molar-refractivity contribution in [2.45, 2.75) is 38.6 Å². The van der Waals surface area contributed by atoms with Gasteiger partial charge in [-0.1, -0.05) is 49.7 Å². The highest BCUT2D eigenvalue weighted by molar-refractivity contribution is 6.00. The maximum atomic E-state index is 12.4. The second kappa shape index (κ2) is 8.52. The number of rotatable bonds is 6. The Kier molecular flexibility index (Phi) is 5.89. The summed E-state index contributed by atoms with van der Waals surface area (Å²) in [5.41, 5.74) is 3.38. The van der Waals surface area contributed by atoms with Crippen molar-refractivity contribution in [1.82, 2.24) is 5.32 Å². The van der Waals surface area contributed by atoms with Crippen LogP contribution in [0.25, 0.3) is 0 Å². The molecule has 0 spiro atoms. The minimum atomic E-state index is -0.414. The van der Waals surface area contributed by atoms with Crippen LogP contribution in [0.3, 0.4) is 0 Å². The van der Waals surface area contributed by atoms with Gasteiger partial charge in [-0.05, 0) is 42.5 Å². The summed E-state index contributed by atoms with van der Waals surface area (Å²) in [6.45, 7) is 2.42. The third-order valence-electron chi connectivity index (χ3n) is 4.51. The minimum Gasteiger partial charge on any atom is -0.462 e. The number of hydrogen-bond acceptors (Lipinski definition) is 3. The number of ether oxygens (including phenoxy) is 1. The lowest BCUT2D eigenvalue weighted by atomic mass is 10.1. The summed E-state index contributed by atoms with van der Waals surface area (Å²) in [7, 11) is 0. The van der Waals surface area contributed by atoms with Crippen molar-refractivity contribution in [3.8, 4) is 0 Å². The van der Waals surface area contributed by atoms with Gasteiger partial charge in [0, 0.05) is 6.04 Å². The Balaban J connectivity index is 1.59. The highest BCUT2D eigenvalue weighted by atomic mass is 16.5. The van der Waals surface area contributed by atoms with Crippen LogP contribution in [0.2, 0.25) is 0 Å². The van der Waals surface area contributed by atoms with Crippen LogP contribution in [-0.2, 0) is 17.6 Å². The number of hydrogen-bond donors (Lipinski definition) is 2. The van der Waals surface area contributed by atoms with E-state index in [0.717, 1.165) is 25.7 Å². The predicted molar refractivity (Wildman–Crippen MR) is 101 cm³/mol. The largest absolute Gasteiger partial charge is 0.462 e. The van der Waals surface area contributed by atoms with E-state index >= 15 is 0 Å². The number of nitrogens with one attached hydrogen (secondary N) is 2. The summed E-state index contributed by atoms with van der Waals surface area (Å²) in [5, 5.41) is 5.78. The first-order valence-corrected chi connectivity index (χ1v) is 9.08. The molecule has 0 bridgehead atoms. The molecule has 5 nitrogen and oxygen atoms in total. The highest BCUT2D eigenvalue weighted by Crippen LogP contribution is 2.22. The number of anilines is 1. The Morgan fingerprint density at radius 1 is 1.04 bits per heavy atom. The van der Waals surface area contributed by atoms with E-state index in [0.29, 0.717) is 17.9 Å². The van der Waals surface area contributed by atoms with Crippen molar-refractivity contribution < 1.29 is 14.3 Å². The Labute approximate surface area is 153 Å². The Morgan fingerprint density at radius 3 is 2.38 bits per heavy atom. The van der Waals surface area contributed by atoms with Gasteiger partial charge in [0.1, 0.15) is 0 Å². The first-order chi connectivity index (χ1) is 12.7. The van der Waals surface area contributed by atoms with Gasteiger partial charge in [0.25, 0.3) is 0 Å². The van der Waals surface area contributed by atoms with Crippen molar-refractivity contribution in [2.75, 3.05) is 11.9 Å². The molecule has 0 saturated carbocycles. The second-order valence-corrected chi connectivity index (χ2v) is 6.51. The van der Waals surface area contributed by atoms with Crippen LogP contribution >= 0.6 is 0 Å². The monoisotopic (exact) mass is 352 g/mol. The van der Waals surface area contributed by atoms with Crippen LogP contribution in [0.4, 0.5) is 10.5 Å². The Hall–Kier alpha value is -2.82. The minimum absolute atomic E-state index is 0.0658. The summed E-state index contributed by atoms with van der Waals surface area (Å²) in [6.07, 6.45) is 3.43. The molecule has 0 aliphatic heterocycles. The summed E-state index contributed by atoms with van der Waals surface area (Å²) in [5.74, 6) is -0.414. The predicted octanol–water partition coefficient (Wildman–Crippen LogP) is 3.93. The number of carbonyl (C=O) groups is 2. The third-order valence-corrected chi connectivity index (χ3v) is 4.51. The lowest BCUT2D eigenvalue weighted by molar-refractivity contribution is 0.0501. The molecular weight excluding hydrogens is 328 g/mol. The van der Waals surface area contributed by atoms with Crippen molar-refractivity contribution in [3.63, 3.8) is 0 Å². The molecule has 2 N–H and O–H groups in total. The SMILES string of the molecule is CCCCOC(=O)c1ccccc1NC(=O)NC1Cc2ccccc2C1. The van der Waals surface area contributed by atoms with E-state index in [4.69, 9.17) is 4.74 Å². The first-order valence-electron chi connectivity index (χ1n) is 9.08. The fourth-order valence-corrected chi connectivity index (χ4v) is 3.16. The zero-order valence-electron chi connectivity index (χ0n) is 15.0. The van der Waals surface area contributed by atoms with Gasteiger partial charge < -0.3 is 15.4 Å². The van der Waals surface area contributed by atoms with Crippen LogP contribution in [0.15, 0.2) is 48.5 Å². The van der Waals surface area contributed by atoms with Gasteiger partial charge in [-0.3, -0.25) is 0 Å². The van der Waals surface area contributed by atoms with E-state index < -0.39 is 5.97 Å². The lowest BCUT2D eigenvalue weighted by Crippen LogP contribution is -2.38. The average molecular weight is 352 g/mol. The van der Waals surface area contributed by atoms with E-state index in [1.807, 2.05) is 19.1 Å². The normalized spacial score (nSPS) is 13.1.